The highest BCUT2D eigenvalue weighted by molar-refractivity contribution is 5.38. The van der Waals surface area contributed by atoms with Crippen LogP contribution in [0.3, 0.4) is 0 Å². The molecule has 0 aromatic heterocycles. The third-order valence-corrected chi connectivity index (χ3v) is 2.95. The highest BCUT2D eigenvalue weighted by atomic mass is 15.1. The maximum atomic E-state index is 8.59. The van der Waals surface area contributed by atoms with Gasteiger partial charge >= 0.3 is 0 Å². The van der Waals surface area contributed by atoms with E-state index in [1.54, 1.807) is 0 Å². The predicted molar refractivity (Wildman–Crippen MR) is 62.6 cm³/mol. The topological polar surface area (TPSA) is 27.0 Å². The van der Waals surface area contributed by atoms with E-state index in [4.69, 9.17) is 5.26 Å². The van der Waals surface area contributed by atoms with Crippen molar-refractivity contribution in [1.82, 2.24) is 4.90 Å². The van der Waals surface area contributed by atoms with E-state index in [2.05, 4.69) is 39.0 Å². The molecule has 0 bridgehead atoms. The molecule has 0 saturated carbocycles. The summed E-state index contributed by atoms with van der Waals surface area (Å²) in [6.45, 7) is 7.76. The van der Waals surface area contributed by atoms with Gasteiger partial charge in [0.05, 0.1) is 12.6 Å². The number of nitrogens with zero attached hydrogens (tertiary/aromatic N) is 2. The van der Waals surface area contributed by atoms with Crippen LogP contribution in [-0.2, 0) is 6.54 Å². The molecule has 0 aliphatic carbocycles. The maximum Gasteiger partial charge on any atom is 0.0866 e. The van der Waals surface area contributed by atoms with E-state index < -0.39 is 0 Å². The van der Waals surface area contributed by atoms with Crippen LogP contribution in [-0.4, -0.2) is 18.5 Å². The van der Waals surface area contributed by atoms with E-state index in [1.165, 1.54) is 22.3 Å². The first kappa shape index (κ1) is 11.7. The second-order valence-electron chi connectivity index (χ2n) is 4.12. The molecule has 0 saturated heterocycles. The average Bonchev–Trinajstić information content (AvgIpc) is 2.20. The lowest BCUT2D eigenvalue weighted by molar-refractivity contribution is 0.366. The van der Waals surface area contributed by atoms with E-state index in [0.29, 0.717) is 6.54 Å². The van der Waals surface area contributed by atoms with Gasteiger partial charge in [-0.3, -0.25) is 4.90 Å². The van der Waals surface area contributed by atoms with E-state index in [-0.39, 0.29) is 0 Å². The zero-order chi connectivity index (χ0) is 11.4. The van der Waals surface area contributed by atoms with Crippen LogP contribution in [0.5, 0.6) is 0 Å². The summed E-state index contributed by atoms with van der Waals surface area (Å²) in [6, 6.07) is 6.47. The van der Waals surface area contributed by atoms with Crippen molar-refractivity contribution in [3.05, 3.63) is 34.4 Å². The number of hydrogen-bond acceptors (Lipinski definition) is 2. The summed E-state index contributed by atoms with van der Waals surface area (Å²) >= 11 is 0. The Labute approximate surface area is 92.1 Å². The molecule has 0 spiro atoms. The SMILES string of the molecule is Cc1ccc(CN(C)CC#N)c(C)c1C. The first-order valence-corrected chi connectivity index (χ1v) is 5.17. The molecule has 1 aromatic rings. The van der Waals surface area contributed by atoms with Crippen molar-refractivity contribution in [2.24, 2.45) is 0 Å². The molecule has 0 aliphatic rings. The van der Waals surface area contributed by atoms with Crippen molar-refractivity contribution in [3.8, 4) is 6.07 Å². The minimum absolute atomic E-state index is 0.479. The molecule has 2 nitrogen and oxygen atoms in total. The molecule has 0 radical (unpaired) electrons. The standard InChI is InChI=1S/C13H18N2/c1-10-5-6-13(12(3)11(10)2)9-15(4)8-7-14/h5-6H,8-9H2,1-4H3. The number of nitriles is 1. The minimum Gasteiger partial charge on any atom is -0.289 e. The summed E-state index contributed by atoms with van der Waals surface area (Å²) < 4.78 is 0. The zero-order valence-electron chi connectivity index (χ0n) is 9.96. The highest BCUT2D eigenvalue weighted by Crippen LogP contribution is 2.18. The number of benzene rings is 1. The quantitative estimate of drug-likeness (QED) is 0.704. The molecule has 0 aliphatic heterocycles. The molecule has 0 amide bonds. The van der Waals surface area contributed by atoms with Gasteiger partial charge in [-0.05, 0) is 50.1 Å². The fraction of sp³-hybridized carbons (Fsp3) is 0.462. The summed E-state index contributed by atoms with van der Waals surface area (Å²) in [4.78, 5) is 2.02. The molecule has 0 N–H and O–H groups in total. The normalized spacial score (nSPS) is 10.4. The molecule has 80 valence electrons. The van der Waals surface area contributed by atoms with Gasteiger partial charge < -0.3 is 0 Å². The van der Waals surface area contributed by atoms with Gasteiger partial charge in [-0.1, -0.05) is 12.1 Å². The number of rotatable bonds is 3. The van der Waals surface area contributed by atoms with Crippen LogP contribution in [0.25, 0.3) is 0 Å². The van der Waals surface area contributed by atoms with Gasteiger partial charge in [-0.15, -0.1) is 0 Å². The molecule has 0 atom stereocenters. The Morgan fingerprint density at radius 1 is 1.20 bits per heavy atom. The summed E-state index contributed by atoms with van der Waals surface area (Å²) in [5, 5.41) is 8.59. The Balaban J connectivity index is 2.88. The van der Waals surface area contributed by atoms with Gasteiger partial charge in [0.25, 0.3) is 0 Å². The van der Waals surface area contributed by atoms with Crippen LogP contribution < -0.4 is 0 Å². The number of hydrogen-bond donors (Lipinski definition) is 0. The van der Waals surface area contributed by atoms with Crippen molar-refractivity contribution in [2.75, 3.05) is 13.6 Å². The van der Waals surface area contributed by atoms with Crippen molar-refractivity contribution in [1.29, 1.82) is 5.26 Å². The van der Waals surface area contributed by atoms with Gasteiger partial charge in [0.1, 0.15) is 0 Å². The molecule has 1 rings (SSSR count). The smallest absolute Gasteiger partial charge is 0.0866 e. The lowest BCUT2D eigenvalue weighted by Gasteiger charge is -2.16. The van der Waals surface area contributed by atoms with Gasteiger partial charge in [0.15, 0.2) is 0 Å². The summed E-state index contributed by atoms with van der Waals surface area (Å²) in [7, 11) is 1.97. The van der Waals surface area contributed by atoms with Gasteiger partial charge in [-0.25, -0.2) is 0 Å². The fourth-order valence-corrected chi connectivity index (χ4v) is 1.65. The summed E-state index contributed by atoms with van der Waals surface area (Å²) in [6.07, 6.45) is 0. The first-order valence-electron chi connectivity index (χ1n) is 5.17. The highest BCUT2D eigenvalue weighted by Gasteiger charge is 2.05. The predicted octanol–water partition coefficient (Wildman–Crippen LogP) is 2.57. The third kappa shape index (κ3) is 2.81. The lowest BCUT2D eigenvalue weighted by atomic mass is 9.99. The van der Waals surface area contributed by atoms with Crippen LogP contribution in [0.15, 0.2) is 12.1 Å². The maximum absolute atomic E-state index is 8.59. The van der Waals surface area contributed by atoms with Crippen LogP contribution in [0.2, 0.25) is 0 Å². The number of aryl methyl sites for hydroxylation is 1. The lowest BCUT2D eigenvalue weighted by Crippen LogP contribution is -2.18. The Morgan fingerprint density at radius 3 is 2.47 bits per heavy atom. The van der Waals surface area contributed by atoms with Crippen molar-refractivity contribution < 1.29 is 0 Å². The van der Waals surface area contributed by atoms with E-state index in [9.17, 15) is 0 Å². The molecule has 0 heterocycles. The summed E-state index contributed by atoms with van der Waals surface area (Å²) in [5.41, 5.74) is 5.35. The second kappa shape index (κ2) is 4.95. The van der Waals surface area contributed by atoms with Crippen molar-refractivity contribution in [3.63, 3.8) is 0 Å². The van der Waals surface area contributed by atoms with Crippen LogP contribution in [0.1, 0.15) is 22.3 Å². The largest absolute Gasteiger partial charge is 0.289 e. The molecular weight excluding hydrogens is 184 g/mol. The van der Waals surface area contributed by atoms with Crippen LogP contribution in [0, 0.1) is 32.1 Å². The van der Waals surface area contributed by atoms with E-state index in [1.807, 2.05) is 11.9 Å². The Bertz CT molecular complexity index is 388. The third-order valence-electron chi connectivity index (χ3n) is 2.95. The average molecular weight is 202 g/mol. The first-order chi connectivity index (χ1) is 7.06. The van der Waals surface area contributed by atoms with Crippen molar-refractivity contribution in [2.45, 2.75) is 27.3 Å². The fourth-order valence-electron chi connectivity index (χ4n) is 1.65. The minimum atomic E-state index is 0.479. The van der Waals surface area contributed by atoms with E-state index in [0.717, 1.165) is 6.54 Å². The zero-order valence-corrected chi connectivity index (χ0v) is 9.96. The molecular formula is C13H18N2. The van der Waals surface area contributed by atoms with Crippen molar-refractivity contribution >= 4 is 0 Å². The molecule has 15 heavy (non-hydrogen) atoms. The molecule has 1 aromatic carbocycles. The molecule has 2 heteroatoms. The summed E-state index contributed by atoms with van der Waals surface area (Å²) in [5.74, 6) is 0. The van der Waals surface area contributed by atoms with Gasteiger partial charge in [-0.2, -0.15) is 5.26 Å². The Hall–Kier alpha value is -1.33. The molecule has 0 unspecified atom stereocenters. The van der Waals surface area contributed by atoms with Crippen LogP contribution >= 0.6 is 0 Å². The van der Waals surface area contributed by atoms with Gasteiger partial charge in [0, 0.05) is 6.54 Å². The second-order valence-corrected chi connectivity index (χ2v) is 4.12. The Morgan fingerprint density at radius 2 is 1.87 bits per heavy atom. The Kier molecular flexibility index (Phi) is 3.88. The monoisotopic (exact) mass is 202 g/mol. The van der Waals surface area contributed by atoms with E-state index >= 15 is 0 Å². The molecule has 0 fully saturated rings. The van der Waals surface area contributed by atoms with Gasteiger partial charge in [0.2, 0.25) is 0 Å². The van der Waals surface area contributed by atoms with Crippen LogP contribution in [0.4, 0.5) is 0 Å².